The molecule has 0 aliphatic heterocycles. The fraction of sp³-hybridized carbons (Fsp3) is 0.500. The van der Waals surface area contributed by atoms with Crippen molar-refractivity contribution in [3.8, 4) is 0 Å². The number of hydrogen-bond donors (Lipinski definition) is 2. The predicted molar refractivity (Wildman–Crippen MR) is 132 cm³/mol. The Bertz CT molecular complexity index is 790. The molecule has 2 amide bonds. The molecular weight excluding hydrogens is 511 g/mol. The van der Waals surface area contributed by atoms with Crippen LogP contribution in [0.4, 0.5) is 0 Å². The van der Waals surface area contributed by atoms with Crippen molar-refractivity contribution in [2.45, 2.75) is 52.6 Å². The van der Waals surface area contributed by atoms with Crippen LogP contribution in [0.1, 0.15) is 37.1 Å². The lowest BCUT2D eigenvalue weighted by atomic mass is 10.2. The van der Waals surface area contributed by atoms with Crippen LogP contribution in [0.25, 0.3) is 0 Å². The molecule has 0 fully saturated rings. The van der Waals surface area contributed by atoms with Crippen molar-refractivity contribution in [3.05, 3.63) is 60.2 Å². The summed E-state index contributed by atoms with van der Waals surface area (Å²) in [4.78, 5) is 23.9. The molecule has 0 saturated heterocycles. The summed E-state index contributed by atoms with van der Waals surface area (Å²) in [5.74, 6) is 1.96. The Kier molecular flexibility index (Phi) is 18.9. The highest BCUT2D eigenvalue weighted by atomic mass is 35.5. The molecular formula is C24H36Cl2N4O2S2. The van der Waals surface area contributed by atoms with Crippen molar-refractivity contribution in [2.75, 3.05) is 24.6 Å². The lowest BCUT2D eigenvalue weighted by Gasteiger charge is -2.06. The molecule has 2 N–H and O–H groups in total. The normalized spacial score (nSPS) is 10.1. The van der Waals surface area contributed by atoms with Gasteiger partial charge in [-0.2, -0.15) is 0 Å². The van der Waals surface area contributed by atoms with E-state index in [9.17, 15) is 9.59 Å². The van der Waals surface area contributed by atoms with Crippen LogP contribution < -0.4 is 44.6 Å². The molecule has 6 nitrogen and oxygen atoms in total. The van der Waals surface area contributed by atoms with Gasteiger partial charge in [0.25, 0.3) is 0 Å². The van der Waals surface area contributed by atoms with Crippen LogP contribution in [0.2, 0.25) is 0 Å². The number of aryl methyl sites for hydroxylation is 4. The van der Waals surface area contributed by atoms with Gasteiger partial charge in [-0.15, -0.1) is 0 Å². The van der Waals surface area contributed by atoms with Crippen LogP contribution in [0, 0.1) is 13.8 Å². The van der Waals surface area contributed by atoms with Crippen LogP contribution in [0.15, 0.2) is 48.8 Å². The molecule has 0 aliphatic rings. The van der Waals surface area contributed by atoms with Crippen molar-refractivity contribution in [3.63, 3.8) is 0 Å². The average molecular weight is 548 g/mol. The van der Waals surface area contributed by atoms with E-state index >= 15 is 0 Å². The number of carbonyl (C=O) groups is 2. The Hall–Kier alpha value is -1.48. The summed E-state index contributed by atoms with van der Waals surface area (Å²) >= 11 is 0. The van der Waals surface area contributed by atoms with E-state index in [0.717, 1.165) is 37.4 Å². The summed E-state index contributed by atoms with van der Waals surface area (Å²) in [6, 6.07) is 12.2. The molecule has 0 aromatic carbocycles. The lowest BCUT2D eigenvalue weighted by Crippen LogP contribution is -3.00. The smallest absolute Gasteiger partial charge is 0.220 e. The minimum Gasteiger partial charge on any atom is -1.00 e. The summed E-state index contributed by atoms with van der Waals surface area (Å²) in [5, 5.41) is 5.96. The Balaban J connectivity index is 0.00000544. The van der Waals surface area contributed by atoms with E-state index in [-0.39, 0.29) is 36.6 Å². The highest BCUT2D eigenvalue weighted by molar-refractivity contribution is 8.76. The number of amides is 2. The first kappa shape index (κ1) is 32.5. The van der Waals surface area contributed by atoms with Crippen LogP contribution in [-0.4, -0.2) is 36.4 Å². The summed E-state index contributed by atoms with van der Waals surface area (Å²) in [6.07, 6.45) is 6.88. The quantitative estimate of drug-likeness (QED) is 0.140. The molecule has 0 saturated carbocycles. The number of aromatic nitrogens is 2. The Labute approximate surface area is 224 Å². The van der Waals surface area contributed by atoms with Crippen molar-refractivity contribution >= 4 is 33.4 Å². The third-order valence-corrected chi connectivity index (χ3v) is 7.45. The largest absolute Gasteiger partial charge is 1.00 e. The molecule has 0 unspecified atom stereocenters. The van der Waals surface area contributed by atoms with E-state index in [2.05, 4.69) is 45.7 Å². The number of pyridine rings is 2. The van der Waals surface area contributed by atoms with Gasteiger partial charge in [-0.3, -0.25) is 9.59 Å². The summed E-state index contributed by atoms with van der Waals surface area (Å²) < 4.78 is 4.34. The van der Waals surface area contributed by atoms with E-state index in [0.29, 0.717) is 25.9 Å². The van der Waals surface area contributed by atoms with Crippen molar-refractivity contribution in [2.24, 2.45) is 0 Å². The maximum Gasteiger partial charge on any atom is 0.220 e. The van der Waals surface area contributed by atoms with Gasteiger partial charge in [0, 0.05) is 88.4 Å². The minimum absolute atomic E-state index is 0. The topological polar surface area (TPSA) is 66.0 Å². The molecule has 2 aromatic heterocycles. The van der Waals surface area contributed by atoms with Crippen LogP contribution >= 0.6 is 21.6 Å². The molecule has 0 atom stereocenters. The number of nitrogens with one attached hydrogen (secondary N) is 2. The van der Waals surface area contributed by atoms with Gasteiger partial charge in [0.05, 0.1) is 0 Å². The fourth-order valence-electron chi connectivity index (χ4n) is 3.20. The first-order chi connectivity index (χ1) is 15.6. The Morgan fingerprint density at radius 2 is 1.15 bits per heavy atom. The molecule has 190 valence electrons. The monoisotopic (exact) mass is 546 g/mol. The van der Waals surface area contributed by atoms with E-state index in [1.807, 2.05) is 36.7 Å². The Morgan fingerprint density at radius 1 is 0.735 bits per heavy atom. The zero-order valence-electron chi connectivity index (χ0n) is 20.0. The first-order valence-electron chi connectivity index (χ1n) is 11.2. The van der Waals surface area contributed by atoms with Gasteiger partial charge in [-0.25, -0.2) is 9.13 Å². The fourth-order valence-corrected chi connectivity index (χ4v) is 5.02. The second-order valence-electron chi connectivity index (χ2n) is 7.62. The van der Waals surface area contributed by atoms with Gasteiger partial charge >= 0.3 is 0 Å². The molecule has 2 aromatic rings. The van der Waals surface area contributed by atoms with Crippen molar-refractivity contribution in [1.29, 1.82) is 0 Å². The zero-order valence-corrected chi connectivity index (χ0v) is 23.1. The second-order valence-corrected chi connectivity index (χ2v) is 10.3. The van der Waals surface area contributed by atoms with Gasteiger partial charge in [-0.1, -0.05) is 33.7 Å². The summed E-state index contributed by atoms with van der Waals surface area (Å²) in [7, 11) is 3.46. The lowest BCUT2D eigenvalue weighted by molar-refractivity contribution is -0.703. The van der Waals surface area contributed by atoms with Crippen molar-refractivity contribution in [1.82, 2.24) is 10.6 Å². The number of hydrogen-bond acceptors (Lipinski definition) is 4. The highest BCUT2D eigenvalue weighted by Crippen LogP contribution is 2.19. The van der Waals surface area contributed by atoms with Gasteiger partial charge < -0.3 is 35.4 Å². The first-order valence-corrected chi connectivity index (χ1v) is 13.7. The molecule has 0 aliphatic carbocycles. The Morgan fingerprint density at radius 3 is 1.53 bits per heavy atom. The number of rotatable bonds is 15. The van der Waals surface area contributed by atoms with Crippen molar-refractivity contribution < 1.29 is 43.5 Å². The van der Waals surface area contributed by atoms with Crippen LogP contribution in [0.3, 0.4) is 0 Å². The van der Waals surface area contributed by atoms with E-state index < -0.39 is 0 Å². The summed E-state index contributed by atoms with van der Waals surface area (Å²) in [5.41, 5.74) is 2.41. The average Bonchev–Trinajstić information content (AvgIpc) is 2.78. The van der Waals surface area contributed by atoms with Gasteiger partial charge in [0.1, 0.15) is 13.1 Å². The molecule has 0 bridgehead atoms. The number of nitrogens with zero attached hydrogens (tertiary/aromatic N) is 2. The van der Waals surface area contributed by atoms with E-state index in [4.69, 9.17) is 0 Å². The summed E-state index contributed by atoms with van der Waals surface area (Å²) in [6.45, 7) is 7.23. The maximum absolute atomic E-state index is 11.9. The minimum atomic E-state index is 0. The molecule has 2 rings (SSSR count). The second kappa shape index (κ2) is 19.8. The molecule has 10 heteroatoms. The third-order valence-electron chi connectivity index (χ3n) is 5.04. The third kappa shape index (κ3) is 14.0. The number of carbonyl (C=O) groups excluding carboxylic acids is 2. The van der Waals surface area contributed by atoms with Crippen LogP contribution in [0.5, 0.6) is 0 Å². The number of halogens is 2. The van der Waals surface area contributed by atoms with E-state index in [1.165, 1.54) is 11.4 Å². The molecule has 2 heterocycles. The van der Waals surface area contributed by atoms with Gasteiger partial charge in [0.15, 0.2) is 23.8 Å². The van der Waals surface area contributed by atoms with Gasteiger partial charge in [0.2, 0.25) is 11.8 Å². The molecule has 0 spiro atoms. The maximum atomic E-state index is 11.9. The predicted octanol–water partition coefficient (Wildman–Crippen LogP) is -3.24. The highest BCUT2D eigenvalue weighted by Gasteiger charge is 2.08. The SMILES string of the molecule is Cc1cccc[n+]1CCCC(=O)NCCSSCCNC(=O)CCC[n+]1ccccc1C.[Cl-].[Cl-]. The van der Waals surface area contributed by atoms with E-state index in [1.54, 1.807) is 21.6 Å². The zero-order chi connectivity index (χ0) is 23.0. The van der Waals surface area contributed by atoms with Gasteiger partial charge in [-0.05, 0) is 0 Å². The standard InChI is InChI=1S/C24H34N4O2S2.2ClH/c1-21-9-3-5-15-27(21)17-7-11-23(29)25-13-19-31-32-20-14-26-24(30)12-8-18-28-16-6-4-10-22(28)2;;/h3-6,9-10,15-16H,7-8,11-14,17-20H2,1-2H3;2*1H. The molecule has 34 heavy (non-hydrogen) atoms. The molecule has 0 radical (unpaired) electrons. The van der Waals surface area contributed by atoms with Crippen LogP contribution in [-0.2, 0) is 22.7 Å².